The molecule has 84 valence electrons. The summed E-state index contributed by atoms with van der Waals surface area (Å²) in [7, 11) is 0. The van der Waals surface area contributed by atoms with Gasteiger partial charge in [-0.1, -0.05) is 18.2 Å². The summed E-state index contributed by atoms with van der Waals surface area (Å²) in [5, 5.41) is 9.61. The Bertz CT molecular complexity index is 638. The third-order valence-corrected chi connectivity index (χ3v) is 2.69. The molecule has 0 atom stereocenters. The molecule has 0 saturated carbocycles. The fourth-order valence-corrected chi connectivity index (χ4v) is 1.91. The van der Waals surface area contributed by atoms with Gasteiger partial charge >= 0.3 is 0 Å². The molecular weight excluding hydrogens is 214 g/mol. The monoisotopic (exact) mass is 225 g/mol. The van der Waals surface area contributed by atoms with E-state index in [1.165, 1.54) is 0 Å². The van der Waals surface area contributed by atoms with Crippen molar-refractivity contribution in [2.45, 2.75) is 6.92 Å². The minimum Gasteiger partial charge on any atom is -0.492 e. The van der Waals surface area contributed by atoms with Crippen molar-refractivity contribution in [3.63, 3.8) is 0 Å². The lowest BCUT2D eigenvalue weighted by Gasteiger charge is -1.97. The molecule has 3 rings (SSSR count). The second-order valence-electron chi connectivity index (χ2n) is 3.93. The Balaban J connectivity index is 2.08. The summed E-state index contributed by atoms with van der Waals surface area (Å²) in [4.78, 5) is 11.2. The maximum absolute atomic E-state index is 9.61. The van der Waals surface area contributed by atoms with Crippen LogP contribution in [0, 0.1) is 6.92 Å². The molecule has 0 spiro atoms. The predicted octanol–water partition coefficient (Wildman–Crippen LogP) is 2.68. The zero-order valence-corrected chi connectivity index (χ0v) is 9.31. The van der Waals surface area contributed by atoms with Gasteiger partial charge in [0.2, 0.25) is 5.88 Å². The number of para-hydroxylation sites is 1. The van der Waals surface area contributed by atoms with Crippen molar-refractivity contribution in [1.82, 2.24) is 9.97 Å². The molecule has 4 heteroatoms. The van der Waals surface area contributed by atoms with Crippen molar-refractivity contribution in [3.05, 3.63) is 41.3 Å². The summed E-state index contributed by atoms with van der Waals surface area (Å²) in [6.45, 7) is 1.80. The van der Waals surface area contributed by atoms with Crippen LogP contribution in [0.2, 0.25) is 0 Å². The highest BCUT2D eigenvalue weighted by molar-refractivity contribution is 6.21. The number of hydrogen-bond acceptors (Lipinski definition) is 3. The average molecular weight is 225 g/mol. The Morgan fingerprint density at radius 1 is 1.29 bits per heavy atom. The summed E-state index contributed by atoms with van der Waals surface area (Å²) in [5.41, 5.74) is 3.61. The van der Waals surface area contributed by atoms with Gasteiger partial charge < -0.3 is 10.1 Å². The smallest absolute Gasteiger partial charge is 0.236 e. The maximum atomic E-state index is 9.61. The lowest BCUT2D eigenvalue weighted by atomic mass is 10.1. The number of nitrogens with zero attached hydrogens (tertiary/aromatic N) is 2. The number of imidazole rings is 1. The molecule has 17 heavy (non-hydrogen) atoms. The topological polar surface area (TPSA) is 61.3 Å². The number of benzene rings is 1. The number of aliphatic imine (C=N–C) groups is 1. The lowest BCUT2D eigenvalue weighted by molar-refractivity contribution is 0.454. The number of H-pyrrole nitrogens is 1. The molecule has 1 aromatic heterocycles. The molecule has 0 aliphatic carbocycles. The number of aromatic amines is 1. The first-order valence-electron chi connectivity index (χ1n) is 5.35. The SMILES string of the molecule is Cc1nc(O)c(/C=C2\C=Nc3ccccc32)[nH]1. The molecule has 1 aliphatic heterocycles. The number of rotatable bonds is 1. The Kier molecular flexibility index (Phi) is 2.08. The van der Waals surface area contributed by atoms with E-state index in [9.17, 15) is 5.11 Å². The Labute approximate surface area is 98.4 Å². The van der Waals surface area contributed by atoms with Crippen LogP contribution in [0.25, 0.3) is 11.6 Å². The lowest BCUT2D eigenvalue weighted by Crippen LogP contribution is -1.81. The van der Waals surface area contributed by atoms with Crippen LogP contribution in [0.15, 0.2) is 29.3 Å². The van der Waals surface area contributed by atoms with Gasteiger partial charge in [-0.25, -0.2) is 0 Å². The van der Waals surface area contributed by atoms with Gasteiger partial charge in [-0.3, -0.25) is 4.99 Å². The van der Waals surface area contributed by atoms with Crippen LogP contribution in [0.4, 0.5) is 5.69 Å². The molecule has 2 heterocycles. The van der Waals surface area contributed by atoms with Crippen molar-refractivity contribution in [2.75, 3.05) is 0 Å². The molecule has 0 radical (unpaired) electrons. The third-order valence-electron chi connectivity index (χ3n) is 2.69. The quantitative estimate of drug-likeness (QED) is 0.783. The highest BCUT2D eigenvalue weighted by Gasteiger charge is 2.12. The van der Waals surface area contributed by atoms with Crippen LogP contribution in [-0.4, -0.2) is 21.3 Å². The minimum absolute atomic E-state index is 0.0211. The highest BCUT2D eigenvalue weighted by Crippen LogP contribution is 2.32. The number of allylic oxidation sites excluding steroid dienone is 1. The summed E-state index contributed by atoms with van der Waals surface area (Å²) in [5.74, 6) is 0.713. The molecule has 0 amide bonds. The van der Waals surface area contributed by atoms with Gasteiger partial charge in [0.15, 0.2) is 0 Å². The van der Waals surface area contributed by atoms with E-state index >= 15 is 0 Å². The van der Waals surface area contributed by atoms with Crippen molar-refractivity contribution in [2.24, 2.45) is 4.99 Å². The van der Waals surface area contributed by atoms with E-state index in [4.69, 9.17) is 0 Å². The third kappa shape index (κ3) is 1.63. The van der Waals surface area contributed by atoms with E-state index in [1.807, 2.05) is 30.3 Å². The van der Waals surface area contributed by atoms with Crippen LogP contribution in [0.1, 0.15) is 17.1 Å². The molecule has 2 aromatic rings. The minimum atomic E-state index is 0.0211. The number of nitrogens with one attached hydrogen (secondary N) is 1. The zero-order valence-electron chi connectivity index (χ0n) is 9.31. The van der Waals surface area contributed by atoms with Gasteiger partial charge in [0.25, 0.3) is 0 Å². The number of hydrogen-bond donors (Lipinski definition) is 2. The summed E-state index contributed by atoms with van der Waals surface area (Å²) < 4.78 is 0. The number of fused-ring (bicyclic) bond motifs is 1. The molecule has 1 aromatic carbocycles. The van der Waals surface area contributed by atoms with Crippen LogP contribution in [0.5, 0.6) is 5.88 Å². The fraction of sp³-hybridized carbons (Fsp3) is 0.0769. The zero-order chi connectivity index (χ0) is 11.8. The van der Waals surface area contributed by atoms with Crippen molar-refractivity contribution >= 4 is 23.6 Å². The Morgan fingerprint density at radius 2 is 2.12 bits per heavy atom. The van der Waals surface area contributed by atoms with E-state index in [0.717, 1.165) is 16.8 Å². The Hall–Kier alpha value is -2.36. The van der Waals surface area contributed by atoms with E-state index in [1.54, 1.807) is 13.1 Å². The molecule has 2 N–H and O–H groups in total. The molecular formula is C13H11N3O. The van der Waals surface area contributed by atoms with Crippen LogP contribution in [-0.2, 0) is 0 Å². The largest absolute Gasteiger partial charge is 0.492 e. The predicted molar refractivity (Wildman–Crippen MR) is 67.5 cm³/mol. The highest BCUT2D eigenvalue weighted by atomic mass is 16.3. The van der Waals surface area contributed by atoms with Gasteiger partial charge in [-0.2, -0.15) is 4.98 Å². The van der Waals surface area contributed by atoms with E-state index < -0.39 is 0 Å². The molecule has 0 bridgehead atoms. The molecule has 4 nitrogen and oxygen atoms in total. The fourth-order valence-electron chi connectivity index (χ4n) is 1.91. The maximum Gasteiger partial charge on any atom is 0.236 e. The number of aromatic hydroxyl groups is 1. The van der Waals surface area contributed by atoms with E-state index in [2.05, 4.69) is 15.0 Å². The first-order valence-corrected chi connectivity index (χ1v) is 5.35. The van der Waals surface area contributed by atoms with Crippen LogP contribution in [0.3, 0.4) is 0 Å². The van der Waals surface area contributed by atoms with Gasteiger partial charge in [0.05, 0.1) is 5.69 Å². The van der Waals surface area contributed by atoms with Crippen molar-refractivity contribution in [3.8, 4) is 5.88 Å². The number of aryl methyl sites for hydroxylation is 1. The molecule has 0 unspecified atom stereocenters. The summed E-state index contributed by atoms with van der Waals surface area (Å²) in [6.07, 6.45) is 3.64. The van der Waals surface area contributed by atoms with Gasteiger partial charge in [-0.05, 0) is 19.1 Å². The van der Waals surface area contributed by atoms with Crippen LogP contribution < -0.4 is 0 Å². The normalized spacial score (nSPS) is 15.5. The number of aromatic nitrogens is 2. The standard InChI is InChI=1S/C13H11N3O/c1-8-15-12(13(17)16-8)6-9-7-14-11-5-3-2-4-10(9)11/h2-7,17H,1H3,(H,15,16)/b9-6+. The Morgan fingerprint density at radius 3 is 2.88 bits per heavy atom. The van der Waals surface area contributed by atoms with E-state index in [0.29, 0.717) is 11.5 Å². The van der Waals surface area contributed by atoms with Gasteiger partial charge in [0.1, 0.15) is 11.5 Å². The average Bonchev–Trinajstić information content (AvgIpc) is 2.85. The van der Waals surface area contributed by atoms with Crippen LogP contribution >= 0.6 is 0 Å². The van der Waals surface area contributed by atoms with Crippen molar-refractivity contribution < 1.29 is 5.11 Å². The second kappa shape index (κ2) is 3.59. The second-order valence-corrected chi connectivity index (χ2v) is 3.93. The van der Waals surface area contributed by atoms with Gasteiger partial charge in [-0.15, -0.1) is 0 Å². The molecule has 1 aliphatic rings. The summed E-state index contributed by atoms with van der Waals surface area (Å²) >= 11 is 0. The summed E-state index contributed by atoms with van der Waals surface area (Å²) in [6, 6.07) is 7.90. The van der Waals surface area contributed by atoms with Crippen molar-refractivity contribution in [1.29, 1.82) is 0 Å². The first kappa shape index (κ1) is 9.84. The van der Waals surface area contributed by atoms with E-state index in [-0.39, 0.29) is 5.88 Å². The molecule has 0 saturated heterocycles. The first-order chi connectivity index (χ1) is 8.24. The molecule has 0 fully saturated rings. The van der Waals surface area contributed by atoms with Gasteiger partial charge in [0, 0.05) is 17.4 Å².